The Kier molecular flexibility index (Phi) is 4.21. The number of hydrogen-bond acceptors (Lipinski definition) is 6. The average Bonchev–Trinajstić information content (AvgIpc) is 3.07. The van der Waals surface area contributed by atoms with Crippen molar-refractivity contribution >= 4 is 23.5 Å². The molecule has 0 radical (unpaired) electrons. The molecule has 3 rings (SSSR count). The maximum Gasteiger partial charge on any atom is 0.231 e. The van der Waals surface area contributed by atoms with Gasteiger partial charge in [0.1, 0.15) is 0 Å². The van der Waals surface area contributed by atoms with Crippen molar-refractivity contribution < 1.29 is 4.74 Å². The second kappa shape index (κ2) is 6.10. The number of ether oxygens (including phenoxy) is 1. The van der Waals surface area contributed by atoms with E-state index in [1.54, 1.807) is 0 Å². The van der Waals surface area contributed by atoms with Crippen molar-refractivity contribution in [2.75, 3.05) is 36.5 Å². The minimum absolute atomic E-state index is 0.250. The van der Waals surface area contributed by atoms with Crippen LogP contribution in [-0.2, 0) is 4.74 Å². The first-order valence-electron chi connectivity index (χ1n) is 7.24. The van der Waals surface area contributed by atoms with Crippen LogP contribution in [0.4, 0.5) is 11.9 Å². The number of nitrogens with one attached hydrogen (secondary N) is 1. The molecule has 0 aromatic carbocycles. The summed E-state index contributed by atoms with van der Waals surface area (Å²) in [5, 5.41) is 3.52. The summed E-state index contributed by atoms with van der Waals surface area (Å²) in [7, 11) is 0. The lowest BCUT2D eigenvalue weighted by atomic mass is 10.0. The smallest absolute Gasteiger partial charge is 0.231 e. The quantitative estimate of drug-likeness (QED) is 0.916. The first-order chi connectivity index (χ1) is 9.72. The molecule has 2 saturated heterocycles. The van der Waals surface area contributed by atoms with Gasteiger partial charge in [-0.15, -0.1) is 0 Å². The second-order valence-electron chi connectivity index (χ2n) is 5.43. The molecule has 2 aliphatic heterocycles. The average molecular weight is 298 g/mol. The molecule has 1 aromatic heterocycles. The van der Waals surface area contributed by atoms with E-state index in [9.17, 15) is 0 Å². The van der Waals surface area contributed by atoms with Crippen LogP contribution in [0.15, 0.2) is 0 Å². The van der Waals surface area contributed by atoms with Crippen LogP contribution in [0, 0.1) is 5.92 Å². The molecule has 1 aromatic rings. The Morgan fingerprint density at radius 2 is 2.10 bits per heavy atom. The fourth-order valence-electron chi connectivity index (χ4n) is 2.74. The van der Waals surface area contributed by atoms with E-state index in [0.717, 1.165) is 32.7 Å². The minimum Gasteiger partial charge on any atom is -0.378 e. The molecular weight excluding hydrogens is 278 g/mol. The molecule has 2 fully saturated rings. The summed E-state index contributed by atoms with van der Waals surface area (Å²) in [6.07, 6.45) is 3.73. The van der Waals surface area contributed by atoms with Crippen LogP contribution in [0.2, 0.25) is 5.28 Å². The molecule has 2 aliphatic rings. The zero-order valence-corrected chi connectivity index (χ0v) is 12.4. The van der Waals surface area contributed by atoms with Crippen LogP contribution in [-0.4, -0.2) is 47.3 Å². The summed E-state index contributed by atoms with van der Waals surface area (Å²) >= 11 is 6.00. The van der Waals surface area contributed by atoms with E-state index >= 15 is 0 Å². The van der Waals surface area contributed by atoms with Crippen molar-refractivity contribution in [2.24, 2.45) is 5.92 Å². The van der Waals surface area contributed by atoms with E-state index in [4.69, 9.17) is 16.3 Å². The summed E-state index contributed by atoms with van der Waals surface area (Å²) < 4.78 is 5.56. The van der Waals surface area contributed by atoms with Crippen molar-refractivity contribution in [2.45, 2.75) is 32.3 Å². The van der Waals surface area contributed by atoms with Gasteiger partial charge in [0.05, 0.1) is 6.10 Å². The molecule has 0 spiro atoms. The third-order valence-corrected chi connectivity index (χ3v) is 4.21. The van der Waals surface area contributed by atoms with Gasteiger partial charge in [-0.1, -0.05) is 0 Å². The van der Waals surface area contributed by atoms with Gasteiger partial charge in [0.25, 0.3) is 0 Å². The van der Waals surface area contributed by atoms with E-state index in [2.05, 4.69) is 32.1 Å². The third-order valence-electron chi connectivity index (χ3n) is 4.04. The van der Waals surface area contributed by atoms with Crippen LogP contribution in [0.1, 0.15) is 26.2 Å². The highest BCUT2D eigenvalue weighted by Gasteiger charge is 2.24. The molecule has 2 unspecified atom stereocenters. The normalized spacial score (nSPS) is 26.2. The summed E-state index contributed by atoms with van der Waals surface area (Å²) in [6.45, 7) is 5.74. The number of anilines is 2. The number of nitrogens with zero attached hydrogens (tertiary/aromatic N) is 4. The summed E-state index contributed by atoms with van der Waals surface area (Å²) in [4.78, 5) is 15.0. The molecule has 1 N–H and O–H groups in total. The van der Waals surface area contributed by atoms with Gasteiger partial charge in [-0.25, -0.2) is 0 Å². The number of rotatable bonds is 4. The van der Waals surface area contributed by atoms with Gasteiger partial charge in [0.2, 0.25) is 17.2 Å². The molecule has 0 bridgehead atoms. The van der Waals surface area contributed by atoms with Gasteiger partial charge < -0.3 is 15.0 Å². The zero-order chi connectivity index (χ0) is 13.9. The van der Waals surface area contributed by atoms with E-state index in [1.165, 1.54) is 12.8 Å². The molecule has 0 saturated carbocycles. The van der Waals surface area contributed by atoms with Gasteiger partial charge in [-0.2, -0.15) is 15.0 Å². The Labute approximate surface area is 123 Å². The summed E-state index contributed by atoms with van der Waals surface area (Å²) in [6, 6.07) is 0. The standard InChI is InChI=1S/C13H20ClN5O/c1-9-10(4-7-20-9)8-15-12-16-11(14)17-13(18-12)19-5-2-3-6-19/h9-10H,2-8H2,1H3,(H,15,16,17,18). The number of aromatic nitrogens is 3. The SMILES string of the molecule is CC1OCCC1CNc1nc(Cl)nc(N2CCCC2)n1. The molecule has 7 heteroatoms. The lowest BCUT2D eigenvalue weighted by Crippen LogP contribution is -2.24. The third kappa shape index (κ3) is 3.12. The molecule has 0 amide bonds. The van der Waals surface area contributed by atoms with E-state index < -0.39 is 0 Å². The van der Waals surface area contributed by atoms with Crippen LogP contribution in [0.25, 0.3) is 0 Å². The highest BCUT2D eigenvalue weighted by atomic mass is 35.5. The monoisotopic (exact) mass is 297 g/mol. The van der Waals surface area contributed by atoms with Crippen molar-refractivity contribution in [1.29, 1.82) is 0 Å². The molecule has 2 atom stereocenters. The molecule has 3 heterocycles. The van der Waals surface area contributed by atoms with Crippen molar-refractivity contribution in [3.63, 3.8) is 0 Å². The van der Waals surface area contributed by atoms with Gasteiger partial charge in [0, 0.05) is 32.2 Å². The molecule has 6 nitrogen and oxygen atoms in total. The predicted molar refractivity (Wildman–Crippen MR) is 78.3 cm³/mol. The Morgan fingerprint density at radius 3 is 2.80 bits per heavy atom. The van der Waals surface area contributed by atoms with Gasteiger partial charge in [-0.3, -0.25) is 0 Å². The fourth-order valence-corrected chi connectivity index (χ4v) is 2.90. The lowest BCUT2D eigenvalue weighted by Gasteiger charge is -2.17. The fraction of sp³-hybridized carbons (Fsp3) is 0.769. The predicted octanol–water partition coefficient (Wildman–Crippen LogP) is 1.96. The maximum atomic E-state index is 6.00. The topological polar surface area (TPSA) is 63.2 Å². The van der Waals surface area contributed by atoms with Crippen molar-refractivity contribution in [3.05, 3.63) is 5.28 Å². The highest BCUT2D eigenvalue weighted by Crippen LogP contribution is 2.22. The van der Waals surface area contributed by atoms with Gasteiger partial charge >= 0.3 is 0 Å². The summed E-state index contributed by atoms with van der Waals surface area (Å²) in [5.41, 5.74) is 0. The van der Waals surface area contributed by atoms with Crippen LogP contribution < -0.4 is 10.2 Å². The summed E-state index contributed by atoms with van der Waals surface area (Å²) in [5.74, 6) is 1.74. The van der Waals surface area contributed by atoms with E-state index in [1.807, 2.05) is 0 Å². The largest absolute Gasteiger partial charge is 0.378 e. The van der Waals surface area contributed by atoms with Crippen LogP contribution >= 0.6 is 11.6 Å². The molecule has 20 heavy (non-hydrogen) atoms. The van der Waals surface area contributed by atoms with E-state index in [0.29, 0.717) is 17.8 Å². The Hall–Kier alpha value is -1.14. The van der Waals surface area contributed by atoms with Crippen molar-refractivity contribution in [3.8, 4) is 0 Å². The Bertz CT molecular complexity index is 466. The molecule has 0 aliphatic carbocycles. The molecule has 110 valence electrons. The number of hydrogen-bond donors (Lipinski definition) is 1. The zero-order valence-electron chi connectivity index (χ0n) is 11.7. The first-order valence-corrected chi connectivity index (χ1v) is 7.62. The second-order valence-corrected chi connectivity index (χ2v) is 5.77. The lowest BCUT2D eigenvalue weighted by molar-refractivity contribution is 0.108. The van der Waals surface area contributed by atoms with E-state index in [-0.39, 0.29) is 11.4 Å². The highest BCUT2D eigenvalue weighted by molar-refractivity contribution is 6.28. The van der Waals surface area contributed by atoms with Gasteiger partial charge in [-0.05, 0) is 37.8 Å². The number of halogens is 1. The van der Waals surface area contributed by atoms with Crippen LogP contribution in [0.3, 0.4) is 0 Å². The Balaban J connectivity index is 1.66. The minimum atomic E-state index is 0.250. The van der Waals surface area contributed by atoms with Gasteiger partial charge in [0.15, 0.2) is 0 Å². The van der Waals surface area contributed by atoms with Crippen molar-refractivity contribution in [1.82, 2.24) is 15.0 Å². The van der Waals surface area contributed by atoms with Crippen LogP contribution in [0.5, 0.6) is 0 Å². The maximum absolute atomic E-state index is 6.00. The first kappa shape index (κ1) is 13.8. The molecular formula is C13H20ClN5O. The Morgan fingerprint density at radius 1 is 1.30 bits per heavy atom.